The number of benzene rings is 1. The van der Waals surface area contributed by atoms with Crippen molar-refractivity contribution in [2.24, 2.45) is 0 Å². The molecule has 9 heteroatoms. The van der Waals surface area contributed by atoms with Crippen molar-refractivity contribution >= 4 is 17.7 Å². The minimum Gasteiger partial charge on any atom is -0.497 e. The van der Waals surface area contributed by atoms with Gasteiger partial charge in [0.15, 0.2) is 0 Å². The Kier molecular flexibility index (Phi) is 6.95. The van der Waals surface area contributed by atoms with Gasteiger partial charge in [-0.2, -0.15) is 4.98 Å². The van der Waals surface area contributed by atoms with Gasteiger partial charge in [0.1, 0.15) is 17.3 Å². The average molecular weight is 481 g/mol. The number of carbonyl (C=O) groups is 1. The van der Waals surface area contributed by atoms with Gasteiger partial charge in [-0.1, -0.05) is 0 Å². The highest BCUT2D eigenvalue weighted by Gasteiger charge is 2.30. The standard InChI is InChI=1S/C26H36N6O3/c1-29-11-13-30(14-12-29)24-22-18-32(25(33)19-15-20(34-2)17-21(16-19)35-3)10-7-23(22)27-26(28-24)31-8-5-4-6-9-31/h15-17H,4-14,18H2,1-3H3. The second-order valence-electron chi connectivity index (χ2n) is 9.69. The molecule has 2 fully saturated rings. The molecule has 0 bridgehead atoms. The van der Waals surface area contributed by atoms with Gasteiger partial charge in [-0.15, -0.1) is 0 Å². The second kappa shape index (κ2) is 10.3. The van der Waals surface area contributed by atoms with Gasteiger partial charge in [0, 0.05) is 69.4 Å². The summed E-state index contributed by atoms with van der Waals surface area (Å²) in [6.45, 7) is 7.04. The average Bonchev–Trinajstić information content (AvgIpc) is 2.92. The fraction of sp³-hybridized carbons (Fsp3) is 0.577. The van der Waals surface area contributed by atoms with Gasteiger partial charge in [0.2, 0.25) is 5.95 Å². The Morgan fingerprint density at radius 3 is 2.17 bits per heavy atom. The SMILES string of the molecule is COc1cc(OC)cc(C(=O)N2CCc3nc(N4CCCCC4)nc(N4CCN(C)CC4)c3C2)c1. The summed E-state index contributed by atoms with van der Waals surface area (Å²) in [5.74, 6) is 3.05. The third-order valence-corrected chi connectivity index (χ3v) is 7.35. The number of hydrogen-bond donors (Lipinski definition) is 0. The van der Waals surface area contributed by atoms with Gasteiger partial charge in [0.05, 0.1) is 26.5 Å². The third kappa shape index (κ3) is 5.00. The number of aromatic nitrogens is 2. The van der Waals surface area contributed by atoms with E-state index in [1.807, 2.05) is 4.90 Å². The first-order valence-electron chi connectivity index (χ1n) is 12.7. The fourth-order valence-corrected chi connectivity index (χ4v) is 5.19. The third-order valence-electron chi connectivity index (χ3n) is 7.35. The van der Waals surface area contributed by atoms with E-state index in [0.717, 1.165) is 68.7 Å². The highest BCUT2D eigenvalue weighted by Crippen LogP contribution is 2.32. The van der Waals surface area contributed by atoms with Crippen LogP contribution < -0.4 is 19.3 Å². The molecular weight excluding hydrogens is 444 g/mol. The lowest BCUT2D eigenvalue weighted by Gasteiger charge is -2.38. The molecule has 9 nitrogen and oxygen atoms in total. The summed E-state index contributed by atoms with van der Waals surface area (Å²) in [7, 11) is 5.36. The van der Waals surface area contributed by atoms with Gasteiger partial charge < -0.3 is 29.1 Å². The van der Waals surface area contributed by atoms with Crippen LogP contribution in [0.5, 0.6) is 11.5 Å². The minimum atomic E-state index is -0.0303. The van der Waals surface area contributed by atoms with Crippen LogP contribution in [0.2, 0.25) is 0 Å². The second-order valence-corrected chi connectivity index (χ2v) is 9.69. The maximum Gasteiger partial charge on any atom is 0.254 e. The van der Waals surface area contributed by atoms with E-state index in [0.29, 0.717) is 30.2 Å². The molecule has 1 aromatic heterocycles. The van der Waals surface area contributed by atoms with E-state index in [4.69, 9.17) is 19.4 Å². The molecule has 2 saturated heterocycles. The zero-order valence-electron chi connectivity index (χ0n) is 21.1. The Morgan fingerprint density at radius 1 is 0.829 bits per heavy atom. The number of amides is 1. The molecule has 0 aliphatic carbocycles. The number of hydrogen-bond acceptors (Lipinski definition) is 8. The zero-order valence-corrected chi connectivity index (χ0v) is 21.1. The highest BCUT2D eigenvalue weighted by atomic mass is 16.5. The van der Waals surface area contributed by atoms with Crippen molar-refractivity contribution in [1.82, 2.24) is 19.8 Å². The Bertz CT molecular complexity index is 1040. The molecule has 4 heterocycles. The van der Waals surface area contributed by atoms with Gasteiger partial charge in [-0.05, 0) is 38.4 Å². The molecule has 2 aromatic rings. The number of nitrogens with zero attached hydrogens (tertiary/aromatic N) is 6. The monoisotopic (exact) mass is 480 g/mol. The van der Waals surface area contributed by atoms with Gasteiger partial charge in [-0.25, -0.2) is 4.98 Å². The molecule has 0 spiro atoms. The maximum atomic E-state index is 13.5. The van der Waals surface area contributed by atoms with E-state index in [1.165, 1.54) is 19.3 Å². The molecule has 1 amide bonds. The number of methoxy groups -OCH3 is 2. The van der Waals surface area contributed by atoms with E-state index >= 15 is 0 Å². The molecule has 1 aromatic carbocycles. The smallest absolute Gasteiger partial charge is 0.254 e. The van der Waals surface area contributed by atoms with Crippen molar-refractivity contribution in [1.29, 1.82) is 0 Å². The Balaban J connectivity index is 1.46. The van der Waals surface area contributed by atoms with Crippen LogP contribution in [0.3, 0.4) is 0 Å². The van der Waals surface area contributed by atoms with Crippen LogP contribution >= 0.6 is 0 Å². The molecule has 0 radical (unpaired) electrons. The van der Waals surface area contributed by atoms with Gasteiger partial charge in [0.25, 0.3) is 5.91 Å². The van der Waals surface area contributed by atoms with E-state index < -0.39 is 0 Å². The van der Waals surface area contributed by atoms with E-state index in [1.54, 1.807) is 32.4 Å². The van der Waals surface area contributed by atoms with Crippen LogP contribution in [0.1, 0.15) is 40.9 Å². The highest BCUT2D eigenvalue weighted by molar-refractivity contribution is 5.95. The topological polar surface area (TPSA) is 74.3 Å². The van der Waals surface area contributed by atoms with Crippen LogP contribution in [0.4, 0.5) is 11.8 Å². The summed E-state index contributed by atoms with van der Waals surface area (Å²) in [5, 5.41) is 0. The number of rotatable bonds is 5. The fourth-order valence-electron chi connectivity index (χ4n) is 5.19. The number of carbonyl (C=O) groups excluding carboxylic acids is 1. The first kappa shape index (κ1) is 23.7. The van der Waals surface area contributed by atoms with Crippen LogP contribution in [0, 0.1) is 0 Å². The zero-order chi connectivity index (χ0) is 24.4. The van der Waals surface area contributed by atoms with Crippen molar-refractivity contribution in [2.45, 2.75) is 32.2 Å². The van der Waals surface area contributed by atoms with Crippen molar-refractivity contribution in [3.05, 3.63) is 35.0 Å². The molecule has 35 heavy (non-hydrogen) atoms. The molecule has 3 aliphatic heterocycles. The van der Waals surface area contributed by atoms with Gasteiger partial charge in [-0.3, -0.25) is 4.79 Å². The first-order chi connectivity index (χ1) is 17.1. The minimum absolute atomic E-state index is 0.0303. The molecular formula is C26H36N6O3. The molecule has 188 valence electrons. The lowest BCUT2D eigenvalue weighted by molar-refractivity contribution is 0.0732. The first-order valence-corrected chi connectivity index (χ1v) is 12.7. The summed E-state index contributed by atoms with van der Waals surface area (Å²) < 4.78 is 10.8. The van der Waals surface area contributed by atoms with Crippen molar-refractivity contribution in [3.63, 3.8) is 0 Å². The Hall–Kier alpha value is -3.07. The van der Waals surface area contributed by atoms with Crippen LogP contribution in [0.15, 0.2) is 18.2 Å². The summed E-state index contributed by atoms with van der Waals surface area (Å²) in [5.41, 5.74) is 2.74. The lowest BCUT2D eigenvalue weighted by Crippen LogP contribution is -2.46. The number of anilines is 2. The molecule has 3 aliphatic rings. The molecule has 0 unspecified atom stereocenters. The largest absolute Gasteiger partial charge is 0.497 e. The number of ether oxygens (including phenoxy) is 2. The van der Waals surface area contributed by atoms with Crippen molar-refractivity contribution in [3.8, 4) is 11.5 Å². The van der Waals surface area contributed by atoms with E-state index in [2.05, 4.69) is 21.7 Å². The Morgan fingerprint density at radius 2 is 1.51 bits per heavy atom. The molecule has 0 saturated carbocycles. The van der Waals surface area contributed by atoms with Crippen LogP contribution in [-0.2, 0) is 13.0 Å². The predicted octanol–water partition coefficient (Wildman–Crippen LogP) is 2.43. The molecule has 0 atom stereocenters. The quantitative estimate of drug-likeness (QED) is 0.646. The van der Waals surface area contributed by atoms with E-state index in [9.17, 15) is 4.79 Å². The summed E-state index contributed by atoms with van der Waals surface area (Å²) >= 11 is 0. The lowest BCUT2D eigenvalue weighted by atomic mass is 10.0. The maximum absolute atomic E-state index is 13.5. The molecule has 5 rings (SSSR count). The number of fused-ring (bicyclic) bond motifs is 1. The van der Waals surface area contributed by atoms with Crippen LogP contribution in [-0.4, -0.2) is 92.8 Å². The summed E-state index contributed by atoms with van der Waals surface area (Å²) in [6.07, 6.45) is 4.39. The summed E-state index contributed by atoms with van der Waals surface area (Å²) in [4.78, 5) is 32.7. The van der Waals surface area contributed by atoms with E-state index in [-0.39, 0.29) is 5.91 Å². The summed E-state index contributed by atoms with van der Waals surface area (Å²) in [6, 6.07) is 5.33. The number of likely N-dealkylation sites (N-methyl/N-ethyl adjacent to an activating group) is 1. The van der Waals surface area contributed by atoms with Gasteiger partial charge >= 0.3 is 0 Å². The van der Waals surface area contributed by atoms with Crippen molar-refractivity contribution in [2.75, 3.05) is 76.9 Å². The molecule has 0 N–H and O–H groups in total. The number of piperazine rings is 1. The normalized spacial score (nSPS) is 18.9. The van der Waals surface area contributed by atoms with Crippen molar-refractivity contribution < 1.29 is 14.3 Å². The Labute approximate surface area is 207 Å². The number of piperidine rings is 1. The predicted molar refractivity (Wildman–Crippen MR) is 136 cm³/mol. The van der Waals surface area contributed by atoms with Crippen LogP contribution in [0.25, 0.3) is 0 Å².